The Kier molecular flexibility index (Phi) is 1.72. The molecule has 1 spiro atoms. The van der Waals surface area contributed by atoms with Crippen molar-refractivity contribution in [2.45, 2.75) is 53.4 Å². The van der Waals surface area contributed by atoms with E-state index in [-0.39, 0.29) is 0 Å². The van der Waals surface area contributed by atoms with E-state index in [0.717, 1.165) is 40.9 Å². The van der Waals surface area contributed by atoms with Gasteiger partial charge in [-0.15, -0.1) is 5.73 Å². The molecule has 0 heteroatoms. The van der Waals surface area contributed by atoms with E-state index in [4.69, 9.17) is 0 Å². The Balaban J connectivity index is 1.81. The predicted molar refractivity (Wildman–Crippen MR) is 77.5 cm³/mol. The van der Waals surface area contributed by atoms with Gasteiger partial charge in [0.2, 0.25) is 0 Å². The van der Waals surface area contributed by atoms with Gasteiger partial charge in [0.1, 0.15) is 0 Å². The van der Waals surface area contributed by atoms with Gasteiger partial charge in [-0.3, -0.25) is 0 Å². The van der Waals surface area contributed by atoms with E-state index in [0.29, 0.717) is 5.41 Å². The number of hydrogen-bond acceptors (Lipinski definition) is 0. The standard InChI is InChI=1S/C19H26/c1-5-18-7-6-13-8-10(2)15(12(18)4)16-17(18)19(16)9-14(13)11(19)3/h11-12,14-17H,5-7,9H2,1-4H3. The molecule has 8 rings (SSSR count). The largest absolute Gasteiger partial charge is 0.122 e. The summed E-state index contributed by atoms with van der Waals surface area (Å²) in [4.78, 5) is 0. The van der Waals surface area contributed by atoms with Crippen molar-refractivity contribution in [2.75, 3.05) is 0 Å². The predicted octanol–water partition coefficient (Wildman–Crippen LogP) is 4.82. The van der Waals surface area contributed by atoms with Gasteiger partial charge in [-0.1, -0.05) is 20.8 Å². The van der Waals surface area contributed by atoms with Crippen molar-refractivity contribution in [3.8, 4) is 0 Å². The van der Waals surface area contributed by atoms with Crippen LogP contribution in [-0.4, -0.2) is 0 Å². The van der Waals surface area contributed by atoms with Gasteiger partial charge >= 0.3 is 0 Å². The van der Waals surface area contributed by atoms with E-state index in [1.54, 1.807) is 11.1 Å². The SMILES string of the molecule is CCC12CCC3=C=C(C)C(C1C)C1C2C12CC3C2C. The maximum Gasteiger partial charge on any atom is -0.00619 e. The van der Waals surface area contributed by atoms with Gasteiger partial charge in [0.05, 0.1) is 0 Å². The zero-order valence-electron chi connectivity index (χ0n) is 12.8. The molecule has 0 saturated heterocycles. The van der Waals surface area contributed by atoms with Crippen molar-refractivity contribution in [1.82, 2.24) is 0 Å². The van der Waals surface area contributed by atoms with E-state index in [1.807, 2.05) is 0 Å². The van der Waals surface area contributed by atoms with Gasteiger partial charge in [0, 0.05) is 0 Å². The first-order valence-electron chi connectivity index (χ1n) is 8.54. The smallest absolute Gasteiger partial charge is 0.00619 e. The normalized spacial score (nSPS) is 63.6. The highest BCUT2D eigenvalue weighted by molar-refractivity contribution is 5.41. The first kappa shape index (κ1) is 11.2. The molecule has 0 N–H and O–H groups in total. The summed E-state index contributed by atoms with van der Waals surface area (Å²) >= 11 is 0. The van der Waals surface area contributed by atoms with Gasteiger partial charge in [0.25, 0.3) is 0 Å². The second-order valence-electron chi connectivity index (χ2n) is 8.45. The van der Waals surface area contributed by atoms with Crippen LogP contribution < -0.4 is 0 Å². The molecule has 0 radical (unpaired) electrons. The molecular weight excluding hydrogens is 228 g/mol. The second kappa shape index (κ2) is 2.91. The van der Waals surface area contributed by atoms with Crippen LogP contribution in [-0.2, 0) is 0 Å². The fourth-order valence-corrected chi connectivity index (χ4v) is 7.90. The maximum atomic E-state index is 3.91. The molecule has 102 valence electrons. The lowest BCUT2D eigenvalue weighted by molar-refractivity contribution is -0.0369. The number of allylic oxidation sites excluding steroid dienone is 1. The third-order valence-electron chi connectivity index (χ3n) is 8.75. The minimum absolute atomic E-state index is 0.684. The van der Waals surface area contributed by atoms with E-state index >= 15 is 0 Å². The Bertz CT molecular complexity index is 548. The lowest BCUT2D eigenvalue weighted by atomic mass is 9.48. The summed E-state index contributed by atoms with van der Waals surface area (Å²) < 4.78 is 0. The molecule has 8 unspecified atom stereocenters. The summed E-state index contributed by atoms with van der Waals surface area (Å²) in [7, 11) is 0. The van der Waals surface area contributed by atoms with Crippen molar-refractivity contribution in [2.24, 2.45) is 46.3 Å². The van der Waals surface area contributed by atoms with Crippen LogP contribution in [0.15, 0.2) is 16.9 Å². The molecule has 8 aliphatic rings. The molecule has 0 aromatic carbocycles. The third-order valence-corrected chi connectivity index (χ3v) is 8.75. The van der Waals surface area contributed by atoms with Gasteiger partial charge in [0.15, 0.2) is 0 Å². The van der Waals surface area contributed by atoms with Crippen molar-refractivity contribution < 1.29 is 0 Å². The highest BCUT2D eigenvalue weighted by atomic mass is 14.9. The zero-order valence-corrected chi connectivity index (χ0v) is 12.8. The lowest BCUT2D eigenvalue weighted by Crippen LogP contribution is -2.49. The van der Waals surface area contributed by atoms with Gasteiger partial charge < -0.3 is 0 Å². The topological polar surface area (TPSA) is 0 Å². The summed E-state index contributed by atoms with van der Waals surface area (Å²) in [6.45, 7) is 10.0. The molecule has 0 nitrogen and oxygen atoms in total. The molecule has 8 aliphatic carbocycles. The molecule has 5 fully saturated rings. The van der Waals surface area contributed by atoms with E-state index in [9.17, 15) is 0 Å². The summed E-state index contributed by atoms with van der Waals surface area (Å²) in [5.41, 5.74) is 8.73. The molecule has 0 aromatic rings. The molecule has 0 aromatic heterocycles. The minimum Gasteiger partial charge on any atom is -0.122 e. The molecular formula is C19H26. The Labute approximate surface area is 117 Å². The zero-order chi connectivity index (χ0) is 13.2. The van der Waals surface area contributed by atoms with Gasteiger partial charge in [-0.2, -0.15) is 0 Å². The Hall–Kier alpha value is -0.480. The Morgan fingerprint density at radius 2 is 2.05 bits per heavy atom. The van der Waals surface area contributed by atoms with Crippen LogP contribution in [0.1, 0.15) is 53.4 Å². The summed E-state index contributed by atoms with van der Waals surface area (Å²) in [5, 5.41) is 0. The minimum atomic E-state index is 0.684. The van der Waals surface area contributed by atoms with Crippen molar-refractivity contribution >= 4 is 0 Å². The molecule has 0 heterocycles. The van der Waals surface area contributed by atoms with Crippen LogP contribution in [0.2, 0.25) is 0 Å². The van der Waals surface area contributed by atoms with E-state index in [2.05, 4.69) is 33.4 Å². The van der Waals surface area contributed by atoms with Crippen LogP contribution in [0.5, 0.6) is 0 Å². The Morgan fingerprint density at radius 1 is 1.26 bits per heavy atom. The first-order valence-corrected chi connectivity index (χ1v) is 8.54. The maximum absolute atomic E-state index is 3.91. The molecule has 0 aliphatic heterocycles. The molecule has 8 atom stereocenters. The van der Waals surface area contributed by atoms with Crippen molar-refractivity contribution in [1.29, 1.82) is 0 Å². The van der Waals surface area contributed by atoms with E-state index in [1.165, 1.54) is 25.7 Å². The Morgan fingerprint density at radius 3 is 2.74 bits per heavy atom. The highest BCUT2D eigenvalue weighted by Gasteiger charge is 2.85. The second-order valence-corrected chi connectivity index (χ2v) is 8.45. The molecule has 0 amide bonds. The van der Waals surface area contributed by atoms with Gasteiger partial charge in [-0.05, 0) is 90.1 Å². The highest BCUT2D eigenvalue weighted by Crippen LogP contribution is 2.90. The third kappa shape index (κ3) is 0.873. The summed E-state index contributed by atoms with van der Waals surface area (Å²) in [6, 6.07) is 0. The summed E-state index contributed by atoms with van der Waals surface area (Å²) in [6.07, 6.45) is 5.79. The fraction of sp³-hybridized carbons (Fsp3) is 0.842. The molecule has 19 heavy (non-hydrogen) atoms. The average molecular weight is 254 g/mol. The monoisotopic (exact) mass is 254 g/mol. The number of rotatable bonds is 1. The van der Waals surface area contributed by atoms with Crippen LogP contribution in [0.4, 0.5) is 0 Å². The van der Waals surface area contributed by atoms with Gasteiger partial charge in [-0.25, -0.2) is 0 Å². The van der Waals surface area contributed by atoms with Crippen LogP contribution in [0.25, 0.3) is 0 Å². The molecule has 5 bridgehead atoms. The molecule has 5 saturated carbocycles. The average Bonchev–Trinajstić information content (AvgIpc) is 2.94. The van der Waals surface area contributed by atoms with Crippen LogP contribution in [0.3, 0.4) is 0 Å². The van der Waals surface area contributed by atoms with Crippen molar-refractivity contribution in [3.05, 3.63) is 16.9 Å². The van der Waals surface area contributed by atoms with Crippen LogP contribution in [0, 0.1) is 46.3 Å². The summed E-state index contributed by atoms with van der Waals surface area (Å²) in [5.74, 6) is 5.79. The van der Waals surface area contributed by atoms with Crippen LogP contribution >= 0.6 is 0 Å². The number of hydrogen-bond donors (Lipinski definition) is 0. The van der Waals surface area contributed by atoms with E-state index < -0.39 is 0 Å². The lowest BCUT2D eigenvalue weighted by Gasteiger charge is -2.56. The van der Waals surface area contributed by atoms with Crippen molar-refractivity contribution in [3.63, 3.8) is 0 Å². The quantitative estimate of drug-likeness (QED) is 0.589. The first-order chi connectivity index (χ1) is 9.08. The fourth-order valence-electron chi connectivity index (χ4n) is 7.90.